The van der Waals surface area contributed by atoms with Gasteiger partial charge in [-0.3, -0.25) is 0 Å². The summed E-state index contributed by atoms with van der Waals surface area (Å²) in [6.07, 6.45) is 0. The maximum absolute atomic E-state index is 2.48. The van der Waals surface area contributed by atoms with Crippen LogP contribution in [-0.4, -0.2) is 0 Å². The first kappa shape index (κ1) is 37.0. The van der Waals surface area contributed by atoms with Crippen LogP contribution in [0.4, 0.5) is 17.1 Å². The Bertz CT molecular complexity index is 3100. The maximum Gasteiger partial charge on any atom is 0.0714 e. The van der Waals surface area contributed by atoms with Crippen LogP contribution in [0.3, 0.4) is 0 Å². The van der Waals surface area contributed by atoms with E-state index in [1.807, 2.05) is 0 Å². The monoisotopic (exact) mass is 789 g/mol. The van der Waals surface area contributed by atoms with E-state index in [0.29, 0.717) is 0 Å². The Morgan fingerprint density at radius 2 is 0.710 bits per heavy atom. The number of rotatable bonds is 9. The van der Waals surface area contributed by atoms with E-state index in [1.165, 1.54) is 72.3 Å². The minimum atomic E-state index is -0.536. The third kappa shape index (κ3) is 6.35. The number of nitrogens with zero attached hydrogens (tertiary/aromatic N) is 1. The van der Waals surface area contributed by atoms with Crippen molar-refractivity contribution in [3.05, 3.63) is 283 Å². The van der Waals surface area contributed by atoms with Crippen LogP contribution >= 0.6 is 0 Å². The summed E-state index contributed by atoms with van der Waals surface area (Å²) in [4.78, 5) is 2.48. The van der Waals surface area contributed by atoms with Crippen LogP contribution in [0.15, 0.2) is 261 Å². The van der Waals surface area contributed by atoms with E-state index in [1.54, 1.807) is 0 Å². The standard InChI is InChI=1S/C61H43N/c1-6-20-44(21-7-1)46-36-38-52(39-37-46)62(59-35-19-33-54(47-24-10-3-11-25-47)60(59)49-27-18-26-48(42-49)45-22-8-2-9-23-45)53-40-41-56-55-32-16-17-34-57(55)61(58(56)43-53,50-28-12-4-13-29-50)51-30-14-5-15-31-51/h1-43H. The number of anilines is 3. The molecular formula is C61H43N. The van der Waals surface area contributed by atoms with Crippen molar-refractivity contribution < 1.29 is 0 Å². The Balaban J connectivity index is 1.20. The van der Waals surface area contributed by atoms with Crippen LogP contribution in [-0.2, 0) is 5.41 Å². The van der Waals surface area contributed by atoms with Crippen LogP contribution in [0.25, 0.3) is 55.6 Å². The van der Waals surface area contributed by atoms with Crippen LogP contribution in [0.5, 0.6) is 0 Å². The number of fused-ring (bicyclic) bond motifs is 3. The highest BCUT2D eigenvalue weighted by Gasteiger charge is 2.46. The molecule has 10 aromatic rings. The van der Waals surface area contributed by atoms with Crippen molar-refractivity contribution in [2.75, 3.05) is 4.90 Å². The second-order valence-corrected chi connectivity index (χ2v) is 16.0. The van der Waals surface area contributed by atoms with E-state index in [9.17, 15) is 0 Å². The third-order valence-electron chi connectivity index (χ3n) is 12.6. The summed E-state index contributed by atoms with van der Waals surface area (Å²) in [6.45, 7) is 0. The molecule has 1 nitrogen and oxygen atoms in total. The molecule has 0 saturated carbocycles. The Hall–Kier alpha value is -8.00. The lowest BCUT2D eigenvalue weighted by Crippen LogP contribution is -2.28. The topological polar surface area (TPSA) is 3.24 Å². The number of hydrogen-bond acceptors (Lipinski definition) is 1. The molecular weight excluding hydrogens is 747 g/mol. The lowest BCUT2D eigenvalue weighted by Gasteiger charge is -2.35. The van der Waals surface area contributed by atoms with E-state index < -0.39 is 5.41 Å². The molecule has 0 fully saturated rings. The third-order valence-corrected chi connectivity index (χ3v) is 12.6. The molecule has 0 atom stereocenters. The van der Waals surface area contributed by atoms with Crippen molar-refractivity contribution in [3.63, 3.8) is 0 Å². The second kappa shape index (κ2) is 15.9. The Labute approximate surface area is 364 Å². The summed E-state index contributed by atoms with van der Waals surface area (Å²) in [5.74, 6) is 0. The molecule has 0 saturated heterocycles. The van der Waals surface area contributed by atoms with Gasteiger partial charge >= 0.3 is 0 Å². The molecule has 0 spiro atoms. The summed E-state index contributed by atoms with van der Waals surface area (Å²) in [5, 5.41) is 0. The lowest BCUT2D eigenvalue weighted by molar-refractivity contribution is 0.768. The summed E-state index contributed by atoms with van der Waals surface area (Å²) in [7, 11) is 0. The van der Waals surface area contributed by atoms with Gasteiger partial charge in [-0.2, -0.15) is 0 Å². The molecule has 0 bridgehead atoms. The molecule has 11 rings (SSSR count). The van der Waals surface area contributed by atoms with Crippen molar-refractivity contribution in [1.29, 1.82) is 0 Å². The summed E-state index contributed by atoms with van der Waals surface area (Å²) >= 11 is 0. The average molecular weight is 790 g/mol. The van der Waals surface area contributed by atoms with Crippen LogP contribution in [0.2, 0.25) is 0 Å². The Kier molecular flexibility index (Phi) is 9.48. The summed E-state index contributed by atoms with van der Waals surface area (Å²) < 4.78 is 0. The van der Waals surface area contributed by atoms with Crippen molar-refractivity contribution in [2.24, 2.45) is 0 Å². The molecule has 10 aromatic carbocycles. The van der Waals surface area contributed by atoms with Gasteiger partial charge in [-0.25, -0.2) is 0 Å². The molecule has 0 unspecified atom stereocenters. The van der Waals surface area contributed by atoms with Crippen LogP contribution < -0.4 is 4.90 Å². The highest BCUT2D eigenvalue weighted by molar-refractivity contribution is 5.98. The fourth-order valence-corrected chi connectivity index (χ4v) is 9.81. The highest BCUT2D eigenvalue weighted by Crippen LogP contribution is 2.57. The van der Waals surface area contributed by atoms with E-state index in [0.717, 1.165) is 22.6 Å². The molecule has 1 aliphatic rings. The normalized spacial score (nSPS) is 12.3. The Morgan fingerprint density at radius 1 is 0.258 bits per heavy atom. The molecule has 0 aromatic heterocycles. The van der Waals surface area contributed by atoms with Crippen LogP contribution in [0, 0.1) is 0 Å². The maximum atomic E-state index is 2.48. The molecule has 0 amide bonds. The zero-order valence-electron chi connectivity index (χ0n) is 34.3. The van der Waals surface area contributed by atoms with Gasteiger partial charge in [0.1, 0.15) is 0 Å². The largest absolute Gasteiger partial charge is 0.310 e. The molecule has 292 valence electrons. The minimum Gasteiger partial charge on any atom is -0.310 e. The smallest absolute Gasteiger partial charge is 0.0714 e. The lowest BCUT2D eigenvalue weighted by atomic mass is 9.67. The molecule has 1 aliphatic carbocycles. The van der Waals surface area contributed by atoms with Gasteiger partial charge in [-0.15, -0.1) is 0 Å². The molecule has 0 aliphatic heterocycles. The second-order valence-electron chi connectivity index (χ2n) is 16.0. The van der Waals surface area contributed by atoms with E-state index in [4.69, 9.17) is 0 Å². The van der Waals surface area contributed by atoms with E-state index >= 15 is 0 Å². The zero-order valence-corrected chi connectivity index (χ0v) is 34.3. The average Bonchev–Trinajstić information content (AvgIpc) is 3.66. The first-order valence-electron chi connectivity index (χ1n) is 21.4. The molecule has 0 heterocycles. The zero-order chi connectivity index (χ0) is 41.3. The number of hydrogen-bond donors (Lipinski definition) is 0. The molecule has 1 heteroatoms. The van der Waals surface area contributed by atoms with Gasteiger partial charge in [0, 0.05) is 16.9 Å². The first-order chi connectivity index (χ1) is 30.8. The van der Waals surface area contributed by atoms with Crippen molar-refractivity contribution in [3.8, 4) is 55.6 Å². The van der Waals surface area contributed by atoms with Gasteiger partial charge in [0.05, 0.1) is 11.1 Å². The first-order valence-corrected chi connectivity index (χ1v) is 21.4. The van der Waals surface area contributed by atoms with Crippen LogP contribution in [0.1, 0.15) is 22.3 Å². The number of benzene rings is 10. The predicted octanol–water partition coefficient (Wildman–Crippen LogP) is 16.2. The fourth-order valence-electron chi connectivity index (χ4n) is 9.81. The van der Waals surface area contributed by atoms with E-state index in [2.05, 4.69) is 266 Å². The quantitative estimate of drug-likeness (QED) is 0.141. The van der Waals surface area contributed by atoms with Crippen molar-refractivity contribution in [1.82, 2.24) is 0 Å². The Morgan fingerprint density at radius 3 is 1.35 bits per heavy atom. The van der Waals surface area contributed by atoms with Gasteiger partial charge in [0.25, 0.3) is 0 Å². The fraction of sp³-hybridized carbons (Fsp3) is 0.0164. The van der Waals surface area contributed by atoms with Crippen molar-refractivity contribution >= 4 is 17.1 Å². The van der Waals surface area contributed by atoms with Gasteiger partial charge in [0.2, 0.25) is 0 Å². The van der Waals surface area contributed by atoms with Crippen molar-refractivity contribution in [2.45, 2.75) is 5.41 Å². The van der Waals surface area contributed by atoms with Gasteiger partial charge in [-0.1, -0.05) is 224 Å². The summed E-state index contributed by atoms with van der Waals surface area (Å²) in [5.41, 5.74) is 19.7. The highest BCUT2D eigenvalue weighted by atomic mass is 15.1. The van der Waals surface area contributed by atoms with Gasteiger partial charge in [0.15, 0.2) is 0 Å². The SMILES string of the molecule is c1ccc(-c2ccc(N(c3ccc4c(c3)C(c3ccccc3)(c3ccccc3)c3ccccc3-4)c3cccc(-c4ccccc4)c3-c3cccc(-c4ccccc4)c3)cc2)cc1. The van der Waals surface area contributed by atoms with Gasteiger partial charge in [-0.05, 0) is 109 Å². The molecule has 0 N–H and O–H groups in total. The molecule has 62 heavy (non-hydrogen) atoms. The predicted molar refractivity (Wildman–Crippen MR) is 260 cm³/mol. The minimum absolute atomic E-state index is 0.536. The summed E-state index contributed by atoms with van der Waals surface area (Å²) in [6, 6.07) is 95.4. The van der Waals surface area contributed by atoms with E-state index in [-0.39, 0.29) is 0 Å². The molecule has 0 radical (unpaired) electrons. The van der Waals surface area contributed by atoms with Gasteiger partial charge < -0.3 is 4.90 Å².